The first-order valence-electron chi connectivity index (χ1n) is 11.7. The average Bonchev–Trinajstić information content (AvgIpc) is 2.76. The molecule has 0 amide bonds. The summed E-state index contributed by atoms with van der Waals surface area (Å²) in [6.45, 7) is 0.488. The standard InChI is InChI=1S/C25H40O6/c26-18-10-6-3-1-2-4-8-12-22(13-9-5-7-11-19-27)31-25(30)17-15-21-14-16-23(28)24(29)20-21/h14-17,20,22,26-29H,1-13,18-19H2/b17-15+. The topological polar surface area (TPSA) is 107 Å². The van der Waals surface area contributed by atoms with Crippen molar-refractivity contribution in [2.75, 3.05) is 13.2 Å². The summed E-state index contributed by atoms with van der Waals surface area (Å²) in [7, 11) is 0. The van der Waals surface area contributed by atoms with Gasteiger partial charge in [0.05, 0.1) is 0 Å². The number of phenols is 2. The van der Waals surface area contributed by atoms with Gasteiger partial charge in [-0.2, -0.15) is 0 Å². The predicted octanol–water partition coefficient (Wildman–Crippen LogP) is 5.08. The lowest BCUT2D eigenvalue weighted by Gasteiger charge is -2.17. The summed E-state index contributed by atoms with van der Waals surface area (Å²) in [4.78, 5) is 12.3. The molecule has 0 saturated carbocycles. The third kappa shape index (κ3) is 13.8. The molecule has 0 radical (unpaired) electrons. The van der Waals surface area contributed by atoms with Crippen LogP contribution in [0.3, 0.4) is 0 Å². The van der Waals surface area contributed by atoms with E-state index < -0.39 is 5.97 Å². The van der Waals surface area contributed by atoms with E-state index in [-0.39, 0.29) is 30.8 Å². The Hall–Kier alpha value is -2.05. The van der Waals surface area contributed by atoms with Crippen LogP contribution in [-0.2, 0) is 9.53 Å². The SMILES string of the molecule is O=C(/C=C/c1ccc(O)c(O)c1)OC(CCCCCCO)CCCCCCCCCO. The lowest BCUT2D eigenvalue weighted by atomic mass is 10.0. The van der Waals surface area contributed by atoms with E-state index in [9.17, 15) is 15.0 Å². The summed E-state index contributed by atoms with van der Waals surface area (Å²) in [6.07, 6.45) is 15.8. The maximum Gasteiger partial charge on any atom is 0.331 e. The molecule has 1 atom stereocenters. The molecule has 0 aliphatic rings. The molecule has 1 aromatic carbocycles. The molecular weight excluding hydrogens is 396 g/mol. The highest BCUT2D eigenvalue weighted by Gasteiger charge is 2.13. The summed E-state index contributed by atoms with van der Waals surface area (Å²) in [5, 5.41) is 36.6. The Morgan fingerprint density at radius 1 is 0.774 bits per heavy atom. The lowest BCUT2D eigenvalue weighted by molar-refractivity contribution is -0.143. The molecule has 0 aliphatic carbocycles. The van der Waals surface area contributed by atoms with Gasteiger partial charge in [-0.3, -0.25) is 0 Å². The van der Waals surface area contributed by atoms with Gasteiger partial charge in [-0.25, -0.2) is 4.79 Å². The van der Waals surface area contributed by atoms with Crippen LogP contribution in [0.2, 0.25) is 0 Å². The average molecular weight is 437 g/mol. The molecule has 31 heavy (non-hydrogen) atoms. The third-order valence-corrected chi connectivity index (χ3v) is 5.31. The van der Waals surface area contributed by atoms with E-state index >= 15 is 0 Å². The van der Waals surface area contributed by atoms with Crippen LogP contribution in [0.5, 0.6) is 11.5 Å². The second-order valence-electron chi connectivity index (χ2n) is 8.05. The minimum Gasteiger partial charge on any atom is -0.504 e. The van der Waals surface area contributed by atoms with Crippen LogP contribution in [0.25, 0.3) is 6.08 Å². The quantitative estimate of drug-likeness (QED) is 0.111. The Balaban J connectivity index is 2.42. The number of unbranched alkanes of at least 4 members (excludes halogenated alkanes) is 9. The van der Waals surface area contributed by atoms with Gasteiger partial charge in [-0.05, 0) is 62.3 Å². The van der Waals surface area contributed by atoms with Crippen molar-refractivity contribution in [2.45, 2.75) is 89.6 Å². The number of carbonyl (C=O) groups excluding carboxylic acids is 1. The van der Waals surface area contributed by atoms with Crippen molar-refractivity contribution >= 4 is 12.0 Å². The van der Waals surface area contributed by atoms with E-state index in [4.69, 9.17) is 14.9 Å². The fourth-order valence-electron chi connectivity index (χ4n) is 3.48. The fraction of sp³-hybridized carbons (Fsp3) is 0.640. The van der Waals surface area contributed by atoms with E-state index in [1.165, 1.54) is 24.6 Å². The molecular formula is C25H40O6. The summed E-state index contributed by atoms with van der Waals surface area (Å²) in [5.41, 5.74) is 0.606. The molecule has 0 aromatic heterocycles. The van der Waals surface area contributed by atoms with Crippen molar-refractivity contribution in [3.8, 4) is 11.5 Å². The molecule has 0 saturated heterocycles. The van der Waals surface area contributed by atoms with E-state index in [1.807, 2.05) is 0 Å². The molecule has 0 aliphatic heterocycles. The molecule has 0 bridgehead atoms. The van der Waals surface area contributed by atoms with Crippen LogP contribution in [0, 0.1) is 0 Å². The minimum absolute atomic E-state index is 0.117. The van der Waals surface area contributed by atoms with Gasteiger partial charge in [0.2, 0.25) is 0 Å². The third-order valence-electron chi connectivity index (χ3n) is 5.31. The summed E-state index contributed by atoms with van der Waals surface area (Å²) >= 11 is 0. The minimum atomic E-state index is -0.406. The first kappa shape index (κ1) is 27.0. The summed E-state index contributed by atoms with van der Waals surface area (Å²) < 4.78 is 5.68. The number of hydrogen-bond donors (Lipinski definition) is 4. The Morgan fingerprint density at radius 2 is 1.29 bits per heavy atom. The number of benzene rings is 1. The van der Waals surface area contributed by atoms with E-state index in [1.54, 1.807) is 12.1 Å². The first-order chi connectivity index (χ1) is 15.1. The zero-order valence-corrected chi connectivity index (χ0v) is 18.7. The maximum absolute atomic E-state index is 12.3. The molecule has 0 spiro atoms. The zero-order chi connectivity index (χ0) is 22.7. The number of carbonyl (C=O) groups is 1. The van der Waals surface area contributed by atoms with Crippen LogP contribution in [0.1, 0.15) is 89.0 Å². The van der Waals surface area contributed by atoms with Crippen LogP contribution in [0.4, 0.5) is 0 Å². The Bertz CT molecular complexity index is 628. The molecule has 6 heteroatoms. The smallest absolute Gasteiger partial charge is 0.331 e. The normalized spacial score (nSPS) is 12.3. The number of aromatic hydroxyl groups is 2. The van der Waals surface area contributed by atoms with Crippen molar-refractivity contribution in [2.24, 2.45) is 0 Å². The Morgan fingerprint density at radius 3 is 1.81 bits per heavy atom. The van der Waals surface area contributed by atoms with Crippen LogP contribution < -0.4 is 0 Å². The Labute approximate surface area is 186 Å². The van der Waals surface area contributed by atoms with Gasteiger partial charge in [0.25, 0.3) is 0 Å². The largest absolute Gasteiger partial charge is 0.504 e. The molecule has 1 rings (SSSR count). The van der Waals surface area contributed by atoms with Crippen molar-refractivity contribution in [1.29, 1.82) is 0 Å². The van der Waals surface area contributed by atoms with Crippen LogP contribution in [0.15, 0.2) is 24.3 Å². The van der Waals surface area contributed by atoms with Crippen molar-refractivity contribution in [3.63, 3.8) is 0 Å². The van der Waals surface area contributed by atoms with Gasteiger partial charge in [0.15, 0.2) is 11.5 Å². The molecule has 6 nitrogen and oxygen atoms in total. The number of aliphatic hydroxyl groups is 2. The van der Waals surface area contributed by atoms with Crippen LogP contribution >= 0.6 is 0 Å². The van der Waals surface area contributed by atoms with Gasteiger partial charge < -0.3 is 25.2 Å². The van der Waals surface area contributed by atoms with E-state index in [2.05, 4.69) is 0 Å². The second-order valence-corrected chi connectivity index (χ2v) is 8.05. The predicted molar refractivity (Wildman–Crippen MR) is 123 cm³/mol. The van der Waals surface area contributed by atoms with E-state index in [0.717, 1.165) is 77.0 Å². The number of ether oxygens (including phenoxy) is 1. The molecule has 176 valence electrons. The van der Waals surface area contributed by atoms with Crippen LogP contribution in [-0.4, -0.2) is 45.7 Å². The maximum atomic E-state index is 12.3. The number of esters is 1. The molecule has 0 heterocycles. The molecule has 0 fully saturated rings. The summed E-state index contributed by atoms with van der Waals surface area (Å²) in [5.74, 6) is -0.834. The number of hydrogen-bond acceptors (Lipinski definition) is 6. The lowest BCUT2D eigenvalue weighted by Crippen LogP contribution is -2.17. The monoisotopic (exact) mass is 436 g/mol. The second kappa shape index (κ2) is 17.6. The van der Waals surface area contributed by atoms with Gasteiger partial charge in [-0.15, -0.1) is 0 Å². The van der Waals surface area contributed by atoms with Gasteiger partial charge in [0, 0.05) is 19.3 Å². The van der Waals surface area contributed by atoms with Gasteiger partial charge in [0.1, 0.15) is 6.10 Å². The van der Waals surface area contributed by atoms with Crippen molar-refractivity contribution in [1.82, 2.24) is 0 Å². The number of aliphatic hydroxyl groups excluding tert-OH is 2. The zero-order valence-electron chi connectivity index (χ0n) is 18.7. The van der Waals surface area contributed by atoms with Crippen molar-refractivity contribution < 1.29 is 30.0 Å². The van der Waals surface area contributed by atoms with E-state index in [0.29, 0.717) is 5.56 Å². The van der Waals surface area contributed by atoms with Crippen molar-refractivity contribution in [3.05, 3.63) is 29.8 Å². The number of phenolic OH excluding ortho intramolecular Hbond substituents is 2. The van der Waals surface area contributed by atoms with Gasteiger partial charge in [-0.1, -0.05) is 51.0 Å². The molecule has 1 aromatic rings. The highest BCUT2D eigenvalue weighted by atomic mass is 16.5. The van der Waals surface area contributed by atoms with Gasteiger partial charge >= 0.3 is 5.97 Å². The first-order valence-corrected chi connectivity index (χ1v) is 11.7. The fourth-order valence-corrected chi connectivity index (χ4v) is 3.48. The molecule has 1 unspecified atom stereocenters. The Kier molecular flexibility index (Phi) is 15.3. The molecule has 4 N–H and O–H groups in total. The highest BCUT2D eigenvalue weighted by Crippen LogP contribution is 2.25. The summed E-state index contributed by atoms with van der Waals surface area (Å²) in [6, 6.07) is 4.37. The highest BCUT2D eigenvalue weighted by molar-refractivity contribution is 5.87. The number of rotatable bonds is 18.